The fourth-order valence-electron chi connectivity index (χ4n) is 1.24. The van der Waals surface area contributed by atoms with Crippen LogP contribution in [0.3, 0.4) is 0 Å². The number of carbonyl (C=O) groups is 1. The van der Waals surface area contributed by atoms with Crippen molar-refractivity contribution in [3.05, 3.63) is 28.8 Å². The number of aliphatic carboxylic acids is 1. The summed E-state index contributed by atoms with van der Waals surface area (Å²) in [4.78, 5) is 10.4. The molecule has 0 bridgehead atoms. The van der Waals surface area contributed by atoms with Crippen molar-refractivity contribution in [1.29, 1.82) is 0 Å². The molecule has 0 fully saturated rings. The van der Waals surface area contributed by atoms with Crippen LogP contribution in [0, 0.1) is 0 Å². The van der Waals surface area contributed by atoms with Gasteiger partial charge in [0.2, 0.25) is 0 Å². The average Bonchev–Trinajstić information content (AvgIpc) is 2.15. The topological polar surface area (TPSA) is 46.5 Å². The Morgan fingerprint density at radius 1 is 1.53 bits per heavy atom. The summed E-state index contributed by atoms with van der Waals surface area (Å²) in [6.07, 6.45) is 0. The van der Waals surface area contributed by atoms with E-state index in [-0.39, 0.29) is 12.5 Å². The van der Waals surface area contributed by atoms with Gasteiger partial charge in [-0.2, -0.15) is 0 Å². The van der Waals surface area contributed by atoms with Crippen LogP contribution in [0.25, 0.3) is 0 Å². The number of benzene rings is 1. The molecule has 0 amide bonds. The first-order valence-corrected chi connectivity index (χ1v) is 5.02. The van der Waals surface area contributed by atoms with E-state index in [2.05, 4.69) is 0 Å². The van der Waals surface area contributed by atoms with Crippen molar-refractivity contribution >= 4 is 17.6 Å². The Morgan fingerprint density at radius 3 is 2.73 bits per heavy atom. The number of carboxylic acids is 1. The van der Waals surface area contributed by atoms with Crippen molar-refractivity contribution in [1.82, 2.24) is 0 Å². The van der Waals surface area contributed by atoms with E-state index >= 15 is 0 Å². The second-order valence-corrected chi connectivity index (χ2v) is 3.96. The maximum Gasteiger partial charge on any atom is 0.341 e. The number of carboxylic acid groups (broad SMARTS) is 1. The fourth-order valence-corrected chi connectivity index (χ4v) is 1.42. The third-order valence-corrected chi connectivity index (χ3v) is 2.18. The quantitative estimate of drug-likeness (QED) is 0.862. The Kier molecular flexibility index (Phi) is 3.97. The van der Waals surface area contributed by atoms with Gasteiger partial charge >= 0.3 is 5.97 Å². The normalized spacial score (nSPS) is 10.4. The van der Waals surface area contributed by atoms with Gasteiger partial charge in [-0.1, -0.05) is 25.4 Å². The van der Waals surface area contributed by atoms with Gasteiger partial charge in [0.15, 0.2) is 6.61 Å². The molecule has 0 saturated heterocycles. The molecule has 0 heterocycles. The van der Waals surface area contributed by atoms with Crippen molar-refractivity contribution in [2.24, 2.45) is 0 Å². The van der Waals surface area contributed by atoms with Gasteiger partial charge in [-0.15, -0.1) is 0 Å². The van der Waals surface area contributed by atoms with Gasteiger partial charge in [-0.25, -0.2) is 4.79 Å². The Balaban J connectivity index is 2.90. The summed E-state index contributed by atoms with van der Waals surface area (Å²) in [5, 5.41) is 9.13. The summed E-state index contributed by atoms with van der Waals surface area (Å²) < 4.78 is 5.16. The van der Waals surface area contributed by atoms with Gasteiger partial charge in [-0.3, -0.25) is 0 Å². The molecule has 1 N–H and O–H groups in total. The van der Waals surface area contributed by atoms with E-state index in [9.17, 15) is 4.79 Å². The first-order valence-electron chi connectivity index (χ1n) is 4.64. The van der Waals surface area contributed by atoms with Gasteiger partial charge in [0.05, 0.1) is 0 Å². The highest BCUT2D eigenvalue weighted by molar-refractivity contribution is 6.30. The Labute approximate surface area is 93.6 Å². The fraction of sp³-hybridized carbons (Fsp3) is 0.364. The van der Waals surface area contributed by atoms with Crippen LogP contribution in [-0.4, -0.2) is 17.7 Å². The van der Waals surface area contributed by atoms with Gasteiger partial charge in [0.25, 0.3) is 0 Å². The van der Waals surface area contributed by atoms with Crippen LogP contribution in [-0.2, 0) is 4.79 Å². The second-order valence-electron chi connectivity index (χ2n) is 3.52. The van der Waals surface area contributed by atoms with Crippen LogP contribution < -0.4 is 4.74 Å². The van der Waals surface area contributed by atoms with Gasteiger partial charge < -0.3 is 9.84 Å². The van der Waals surface area contributed by atoms with Gasteiger partial charge in [0.1, 0.15) is 5.75 Å². The highest BCUT2D eigenvalue weighted by atomic mass is 35.5. The van der Waals surface area contributed by atoms with E-state index in [4.69, 9.17) is 21.4 Å². The van der Waals surface area contributed by atoms with Crippen molar-refractivity contribution in [2.75, 3.05) is 6.61 Å². The molecule has 3 nitrogen and oxygen atoms in total. The molecule has 82 valence electrons. The van der Waals surface area contributed by atoms with Gasteiger partial charge in [-0.05, 0) is 29.7 Å². The lowest BCUT2D eigenvalue weighted by Crippen LogP contribution is -2.10. The molecule has 1 rings (SSSR count). The highest BCUT2D eigenvalue weighted by Gasteiger charge is 2.09. The summed E-state index contributed by atoms with van der Waals surface area (Å²) in [5.41, 5.74) is 0.920. The molecule has 0 saturated carbocycles. The first kappa shape index (κ1) is 11.9. The standard InChI is InChI=1S/C11H13ClO3/c1-7(2)9-5-8(12)3-4-10(9)15-6-11(13)14/h3-5,7H,6H2,1-2H3,(H,13,14). The van der Waals surface area contributed by atoms with Crippen molar-refractivity contribution in [3.63, 3.8) is 0 Å². The summed E-state index contributed by atoms with van der Waals surface area (Å²) in [6, 6.07) is 5.18. The maximum atomic E-state index is 10.4. The molecule has 4 heteroatoms. The third-order valence-electron chi connectivity index (χ3n) is 1.94. The van der Waals surface area contributed by atoms with Gasteiger partial charge in [0, 0.05) is 5.02 Å². The predicted molar refractivity (Wildman–Crippen MR) is 58.7 cm³/mol. The van der Waals surface area contributed by atoms with Crippen molar-refractivity contribution in [2.45, 2.75) is 19.8 Å². The molecule has 1 aromatic carbocycles. The number of hydrogen-bond donors (Lipinski definition) is 1. The molecule has 0 atom stereocenters. The lowest BCUT2D eigenvalue weighted by Gasteiger charge is -2.13. The molecule has 0 aliphatic carbocycles. The lowest BCUT2D eigenvalue weighted by molar-refractivity contribution is -0.139. The minimum absolute atomic E-state index is 0.243. The Bertz CT molecular complexity index is 361. The van der Waals surface area contributed by atoms with E-state index in [1.54, 1.807) is 18.2 Å². The second kappa shape index (κ2) is 5.03. The molecule has 0 spiro atoms. The Morgan fingerprint density at radius 2 is 2.20 bits per heavy atom. The van der Waals surface area contributed by atoms with E-state index in [0.717, 1.165) is 5.56 Å². The molecule has 0 radical (unpaired) electrons. The third kappa shape index (κ3) is 3.44. The smallest absolute Gasteiger partial charge is 0.341 e. The van der Waals surface area contributed by atoms with Crippen LogP contribution in [0.15, 0.2) is 18.2 Å². The highest BCUT2D eigenvalue weighted by Crippen LogP contribution is 2.29. The van der Waals surface area contributed by atoms with Crippen LogP contribution in [0.1, 0.15) is 25.3 Å². The number of halogens is 1. The minimum Gasteiger partial charge on any atom is -0.482 e. The molecular formula is C11H13ClO3. The molecule has 0 aliphatic heterocycles. The van der Waals surface area contributed by atoms with Crippen molar-refractivity contribution in [3.8, 4) is 5.75 Å². The monoisotopic (exact) mass is 228 g/mol. The number of ether oxygens (including phenoxy) is 1. The summed E-state index contributed by atoms with van der Waals surface area (Å²) in [7, 11) is 0. The summed E-state index contributed by atoms with van der Waals surface area (Å²) in [5.74, 6) is -0.163. The number of rotatable bonds is 4. The average molecular weight is 229 g/mol. The molecule has 1 aromatic rings. The SMILES string of the molecule is CC(C)c1cc(Cl)ccc1OCC(=O)O. The summed E-state index contributed by atoms with van der Waals surface area (Å²) >= 11 is 5.85. The minimum atomic E-state index is -0.986. The number of hydrogen-bond acceptors (Lipinski definition) is 2. The van der Waals surface area contributed by atoms with Crippen molar-refractivity contribution < 1.29 is 14.6 Å². The van der Waals surface area contributed by atoms with E-state index in [1.165, 1.54) is 0 Å². The molecule has 0 aliphatic rings. The zero-order valence-electron chi connectivity index (χ0n) is 8.66. The first-order chi connectivity index (χ1) is 7.00. The zero-order valence-corrected chi connectivity index (χ0v) is 9.41. The zero-order chi connectivity index (χ0) is 11.4. The lowest BCUT2D eigenvalue weighted by atomic mass is 10.0. The van der Waals surface area contributed by atoms with E-state index in [0.29, 0.717) is 10.8 Å². The Hall–Kier alpha value is -1.22. The molecule has 0 unspecified atom stereocenters. The van der Waals surface area contributed by atoms with E-state index < -0.39 is 5.97 Å². The summed E-state index contributed by atoms with van der Waals surface area (Å²) in [6.45, 7) is 3.67. The van der Waals surface area contributed by atoms with Crippen LogP contribution in [0.2, 0.25) is 5.02 Å². The molecular weight excluding hydrogens is 216 g/mol. The van der Waals surface area contributed by atoms with Crippen LogP contribution in [0.5, 0.6) is 5.75 Å². The van der Waals surface area contributed by atoms with E-state index in [1.807, 2.05) is 13.8 Å². The molecule has 0 aromatic heterocycles. The van der Waals surface area contributed by atoms with Crippen LogP contribution >= 0.6 is 11.6 Å². The van der Waals surface area contributed by atoms with Crippen LogP contribution in [0.4, 0.5) is 0 Å². The predicted octanol–water partition coefficient (Wildman–Crippen LogP) is 2.93. The molecule has 15 heavy (non-hydrogen) atoms. The largest absolute Gasteiger partial charge is 0.482 e. The maximum absolute atomic E-state index is 10.4.